The lowest BCUT2D eigenvalue weighted by molar-refractivity contribution is 0.152. The van der Waals surface area contributed by atoms with Crippen LogP contribution in [0.4, 0.5) is 4.39 Å². The van der Waals surface area contributed by atoms with Gasteiger partial charge in [-0.1, -0.05) is 12.1 Å². The van der Waals surface area contributed by atoms with Crippen LogP contribution in [-0.2, 0) is 6.54 Å². The van der Waals surface area contributed by atoms with Crippen LogP contribution in [0.25, 0.3) is 0 Å². The number of likely N-dealkylation sites (N-methyl/N-ethyl adjacent to an activating group) is 1. The molecule has 1 saturated heterocycles. The number of hydrogen-bond donors (Lipinski definition) is 2. The molecule has 0 spiro atoms. The molecule has 1 aliphatic heterocycles. The first-order valence-corrected chi connectivity index (χ1v) is 9.35. The number of nitrogens with zero attached hydrogens (tertiary/aromatic N) is 3. The van der Waals surface area contributed by atoms with Gasteiger partial charge >= 0.3 is 0 Å². The Kier molecular flexibility index (Phi) is 8.69. The Morgan fingerprint density at radius 3 is 2.48 bits per heavy atom. The van der Waals surface area contributed by atoms with E-state index in [0.717, 1.165) is 31.0 Å². The second kappa shape index (κ2) is 11.1. The van der Waals surface area contributed by atoms with Crippen molar-refractivity contribution in [3.05, 3.63) is 35.6 Å². The fourth-order valence-corrected chi connectivity index (χ4v) is 2.84. The smallest absolute Gasteiger partial charge is 0.191 e. The van der Waals surface area contributed by atoms with Crippen molar-refractivity contribution in [1.29, 1.82) is 0 Å². The maximum atomic E-state index is 12.9. The minimum Gasteiger partial charge on any atom is -0.357 e. The number of hydrogen-bond acceptors (Lipinski definition) is 3. The van der Waals surface area contributed by atoms with E-state index in [2.05, 4.69) is 39.4 Å². The number of aliphatic imine (C=N–C) groups is 1. The van der Waals surface area contributed by atoms with E-state index in [0.29, 0.717) is 6.54 Å². The molecule has 2 N–H and O–H groups in total. The minimum atomic E-state index is -0.210. The molecule has 25 heavy (non-hydrogen) atoms. The molecule has 0 aliphatic carbocycles. The van der Waals surface area contributed by atoms with Gasteiger partial charge < -0.3 is 20.4 Å². The summed E-state index contributed by atoms with van der Waals surface area (Å²) in [7, 11) is 2.19. The molecule has 6 heteroatoms. The summed E-state index contributed by atoms with van der Waals surface area (Å²) in [5.41, 5.74) is 1.01. The molecule has 1 aliphatic rings. The molecule has 0 atom stereocenters. The molecule has 1 aromatic carbocycles. The van der Waals surface area contributed by atoms with Crippen LogP contribution in [0, 0.1) is 5.82 Å². The summed E-state index contributed by atoms with van der Waals surface area (Å²) in [6.07, 6.45) is 2.33. The van der Waals surface area contributed by atoms with Gasteiger partial charge in [-0.15, -0.1) is 0 Å². The van der Waals surface area contributed by atoms with Gasteiger partial charge in [0.2, 0.25) is 0 Å². The van der Waals surface area contributed by atoms with Crippen molar-refractivity contribution in [2.75, 3.05) is 52.9 Å². The van der Waals surface area contributed by atoms with E-state index >= 15 is 0 Å². The third kappa shape index (κ3) is 7.84. The fraction of sp³-hybridized carbons (Fsp3) is 0.632. The Hall–Kier alpha value is -1.66. The van der Waals surface area contributed by atoms with Crippen molar-refractivity contribution < 1.29 is 4.39 Å². The van der Waals surface area contributed by atoms with E-state index in [9.17, 15) is 4.39 Å². The van der Waals surface area contributed by atoms with E-state index < -0.39 is 0 Å². The highest BCUT2D eigenvalue weighted by molar-refractivity contribution is 5.79. The van der Waals surface area contributed by atoms with Crippen LogP contribution in [0.1, 0.15) is 25.3 Å². The highest BCUT2D eigenvalue weighted by atomic mass is 19.1. The number of guanidine groups is 1. The summed E-state index contributed by atoms with van der Waals surface area (Å²) in [4.78, 5) is 9.50. The Labute approximate surface area is 151 Å². The predicted molar refractivity (Wildman–Crippen MR) is 102 cm³/mol. The normalized spacial score (nSPS) is 16.8. The van der Waals surface area contributed by atoms with Crippen LogP contribution in [0.5, 0.6) is 0 Å². The number of rotatable bonds is 8. The molecular weight excluding hydrogens is 317 g/mol. The van der Waals surface area contributed by atoms with Crippen molar-refractivity contribution in [3.63, 3.8) is 0 Å². The lowest BCUT2D eigenvalue weighted by atomic mass is 10.2. The molecule has 0 aromatic heterocycles. The molecule has 0 amide bonds. The van der Waals surface area contributed by atoms with Gasteiger partial charge in [0, 0.05) is 39.3 Å². The highest BCUT2D eigenvalue weighted by Crippen LogP contribution is 2.04. The van der Waals surface area contributed by atoms with Crippen LogP contribution < -0.4 is 10.6 Å². The average molecular weight is 349 g/mol. The van der Waals surface area contributed by atoms with Gasteiger partial charge in [0.25, 0.3) is 0 Å². The van der Waals surface area contributed by atoms with Crippen molar-refractivity contribution in [3.8, 4) is 0 Å². The maximum absolute atomic E-state index is 12.9. The molecule has 2 rings (SSSR count). The molecule has 1 heterocycles. The third-order valence-electron chi connectivity index (χ3n) is 4.47. The molecule has 0 unspecified atom stereocenters. The van der Waals surface area contributed by atoms with Crippen molar-refractivity contribution in [2.45, 2.75) is 26.3 Å². The quantitative estimate of drug-likeness (QED) is 0.427. The standard InChI is InChI=1S/C19H32FN5/c1-3-21-19(23-16-17-6-8-18(20)9-7-17)22-10-4-5-11-25-14-12-24(2)13-15-25/h6-9H,3-5,10-16H2,1-2H3,(H2,21,22,23). The first kappa shape index (κ1) is 19.7. The average Bonchev–Trinajstić information content (AvgIpc) is 2.62. The molecule has 0 saturated carbocycles. The zero-order valence-electron chi connectivity index (χ0n) is 15.6. The zero-order chi connectivity index (χ0) is 17.9. The van der Waals surface area contributed by atoms with Gasteiger partial charge in [-0.2, -0.15) is 0 Å². The Morgan fingerprint density at radius 2 is 1.80 bits per heavy atom. The predicted octanol–water partition coefficient (Wildman–Crippen LogP) is 1.91. The largest absolute Gasteiger partial charge is 0.357 e. The molecule has 1 fully saturated rings. The van der Waals surface area contributed by atoms with Crippen LogP contribution in [-0.4, -0.2) is 68.6 Å². The van der Waals surface area contributed by atoms with Gasteiger partial charge in [0.1, 0.15) is 5.82 Å². The summed E-state index contributed by atoms with van der Waals surface area (Å²) >= 11 is 0. The number of halogens is 1. The zero-order valence-corrected chi connectivity index (χ0v) is 15.6. The molecule has 0 bridgehead atoms. The van der Waals surface area contributed by atoms with E-state index in [-0.39, 0.29) is 5.82 Å². The van der Waals surface area contributed by atoms with Crippen LogP contribution in [0.15, 0.2) is 29.3 Å². The Balaban J connectivity index is 1.64. The second-order valence-electron chi connectivity index (χ2n) is 6.60. The van der Waals surface area contributed by atoms with Crippen molar-refractivity contribution >= 4 is 5.96 Å². The minimum absolute atomic E-state index is 0.210. The first-order chi connectivity index (χ1) is 12.2. The number of piperazine rings is 1. The summed E-state index contributed by atoms with van der Waals surface area (Å²) < 4.78 is 12.9. The van der Waals surface area contributed by atoms with E-state index in [1.807, 2.05) is 0 Å². The van der Waals surface area contributed by atoms with Crippen molar-refractivity contribution in [2.24, 2.45) is 4.99 Å². The van der Waals surface area contributed by atoms with Crippen LogP contribution in [0.3, 0.4) is 0 Å². The summed E-state index contributed by atoms with van der Waals surface area (Å²) in [6.45, 7) is 10.3. The van der Waals surface area contributed by atoms with Gasteiger partial charge in [0.05, 0.1) is 6.54 Å². The molecule has 1 aromatic rings. The van der Waals surface area contributed by atoms with Gasteiger partial charge in [-0.25, -0.2) is 9.38 Å². The number of nitrogens with one attached hydrogen (secondary N) is 2. The second-order valence-corrected chi connectivity index (χ2v) is 6.60. The monoisotopic (exact) mass is 349 g/mol. The summed E-state index contributed by atoms with van der Waals surface area (Å²) in [5.74, 6) is 0.615. The molecule has 140 valence electrons. The maximum Gasteiger partial charge on any atom is 0.191 e. The van der Waals surface area contributed by atoms with Gasteiger partial charge in [0.15, 0.2) is 5.96 Å². The van der Waals surface area contributed by atoms with E-state index in [1.165, 1.54) is 51.3 Å². The van der Waals surface area contributed by atoms with Crippen LogP contribution >= 0.6 is 0 Å². The summed E-state index contributed by atoms with van der Waals surface area (Å²) in [5, 5.41) is 6.64. The first-order valence-electron chi connectivity index (χ1n) is 9.35. The lowest BCUT2D eigenvalue weighted by Crippen LogP contribution is -2.44. The van der Waals surface area contributed by atoms with Crippen molar-refractivity contribution in [1.82, 2.24) is 20.4 Å². The molecular formula is C19H32FN5. The highest BCUT2D eigenvalue weighted by Gasteiger charge is 2.12. The number of benzene rings is 1. The summed E-state index contributed by atoms with van der Waals surface area (Å²) in [6, 6.07) is 6.50. The Morgan fingerprint density at radius 1 is 1.08 bits per heavy atom. The molecule has 0 radical (unpaired) electrons. The van der Waals surface area contributed by atoms with Gasteiger partial charge in [-0.05, 0) is 51.1 Å². The topological polar surface area (TPSA) is 42.9 Å². The Bertz CT molecular complexity index is 509. The third-order valence-corrected chi connectivity index (χ3v) is 4.47. The van der Waals surface area contributed by atoms with E-state index in [4.69, 9.17) is 0 Å². The lowest BCUT2D eigenvalue weighted by Gasteiger charge is -2.32. The molecule has 5 nitrogen and oxygen atoms in total. The van der Waals surface area contributed by atoms with Crippen LogP contribution in [0.2, 0.25) is 0 Å². The van der Waals surface area contributed by atoms with E-state index in [1.54, 1.807) is 12.1 Å². The number of unbranched alkanes of at least 4 members (excludes halogenated alkanes) is 1. The van der Waals surface area contributed by atoms with Gasteiger partial charge in [-0.3, -0.25) is 0 Å². The SMILES string of the molecule is CCNC(=NCc1ccc(F)cc1)NCCCCN1CCN(C)CC1. The fourth-order valence-electron chi connectivity index (χ4n) is 2.84.